The Labute approximate surface area is 138 Å². The molecule has 2 rings (SSSR count). The van der Waals surface area contributed by atoms with Gasteiger partial charge in [0, 0.05) is 4.47 Å². The number of ether oxygens (including phenoxy) is 3. The van der Waals surface area contributed by atoms with Crippen LogP contribution in [0.15, 0.2) is 40.9 Å². The molecule has 22 heavy (non-hydrogen) atoms. The molecule has 0 radical (unpaired) electrons. The van der Waals surface area contributed by atoms with E-state index in [1.165, 1.54) is 5.56 Å². The van der Waals surface area contributed by atoms with Gasteiger partial charge in [0.2, 0.25) is 0 Å². The minimum Gasteiger partial charge on any atom is -0.493 e. The van der Waals surface area contributed by atoms with Crippen molar-refractivity contribution in [3.63, 3.8) is 0 Å². The van der Waals surface area contributed by atoms with Crippen LogP contribution in [0.25, 0.3) is 0 Å². The molecular weight excluding hydrogens is 346 g/mol. The predicted octanol–water partition coefficient (Wildman–Crippen LogP) is 4.10. The molecule has 2 aromatic rings. The molecule has 0 aromatic heterocycles. The Balaban J connectivity index is 1.97. The fourth-order valence-corrected chi connectivity index (χ4v) is 2.33. The molecule has 0 saturated heterocycles. The molecule has 0 heterocycles. The average Bonchev–Trinajstić information content (AvgIpc) is 2.53. The second-order valence-corrected chi connectivity index (χ2v) is 5.52. The first kappa shape index (κ1) is 16.2. The maximum absolute atomic E-state index is 9.19. The lowest BCUT2D eigenvalue weighted by Crippen LogP contribution is -2.10. The second kappa shape index (κ2) is 7.71. The summed E-state index contributed by atoms with van der Waals surface area (Å²) in [6, 6.07) is 13.4. The molecule has 0 fully saturated rings. The number of aryl methyl sites for hydroxylation is 1. The molecule has 0 unspecified atom stereocenters. The smallest absolute Gasteiger partial charge is 0.179 e. The molecule has 0 aliphatic carbocycles. The lowest BCUT2D eigenvalue weighted by Gasteiger charge is -2.13. The van der Waals surface area contributed by atoms with Gasteiger partial charge in [0.1, 0.15) is 25.0 Å². The molecule has 0 aliphatic rings. The summed E-state index contributed by atoms with van der Waals surface area (Å²) in [6.45, 7) is 2.73. The van der Waals surface area contributed by atoms with Crippen molar-refractivity contribution >= 4 is 15.9 Å². The SMILES string of the molecule is COc1cc(Br)cc(C#N)c1OCCOc1ccc(C)cc1. The van der Waals surface area contributed by atoms with E-state index in [1.54, 1.807) is 19.2 Å². The largest absolute Gasteiger partial charge is 0.493 e. The average molecular weight is 362 g/mol. The van der Waals surface area contributed by atoms with Crippen molar-refractivity contribution in [2.75, 3.05) is 20.3 Å². The molecule has 114 valence electrons. The van der Waals surface area contributed by atoms with E-state index in [-0.39, 0.29) is 0 Å². The van der Waals surface area contributed by atoms with E-state index in [4.69, 9.17) is 14.2 Å². The fraction of sp³-hybridized carbons (Fsp3) is 0.235. The standard InChI is InChI=1S/C17H16BrNO3/c1-12-3-5-15(6-4-12)21-7-8-22-17-13(11-19)9-14(18)10-16(17)20-2/h3-6,9-10H,7-8H2,1-2H3. The molecule has 0 bridgehead atoms. The molecule has 0 amide bonds. The van der Waals surface area contributed by atoms with Gasteiger partial charge < -0.3 is 14.2 Å². The summed E-state index contributed by atoms with van der Waals surface area (Å²) in [5, 5.41) is 9.19. The normalized spacial score (nSPS) is 9.91. The molecule has 0 atom stereocenters. The zero-order chi connectivity index (χ0) is 15.9. The van der Waals surface area contributed by atoms with Crippen LogP contribution in [0.1, 0.15) is 11.1 Å². The van der Waals surface area contributed by atoms with E-state index >= 15 is 0 Å². The van der Waals surface area contributed by atoms with Crippen LogP contribution in [-0.2, 0) is 0 Å². The predicted molar refractivity (Wildman–Crippen MR) is 87.6 cm³/mol. The number of methoxy groups -OCH3 is 1. The van der Waals surface area contributed by atoms with Crippen molar-refractivity contribution in [2.24, 2.45) is 0 Å². The zero-order valence-electron chi connectivity index (χ0n) is 12.4. The van der Waals surface area contributed by atoms with Crippen LogP contribution in [0.2, 0.25) is 0 Å². The summed E-state index contributed by atoms with van der Waals surface area (Å²) < 4.78 is 17.3. The number of nitrogens with zero attached hydrogens (tertiary/aromatic N) is 1. The van der Waals surface area contributed by atoms with Gasteiger partial charge in [-0.05, 0) is 31.2 Å². The van der Waals surface area contributed by atoms with E-state index in [9.17, 15) is 5.26 Å². The van der Waals surface area contributed by atoms with E-state index in [2.05, 4.69) is 22.0 Å². The highest BCUT2D eigenvalue weighted by Crippen LogP contribution is 2.34. The van der Waals surface area contributed by atoms with Crippen molar-refractivity contribution in [3.8, 4) is 23.3 Å². The number of benzene rings is 2. The quantitative estimate of drug-likeness (QED) is 0.727. The molecule has 0 N–H and O–H groups in total. The summed E-state index contributed by atoms with van der Waals surface area (Å²) in [6.07, 6.45) is 0. The van der Waals surface area contributed by atoms with Gasteiger partial charge in [-0.2, -0.15) is 5.26 Å². The Bertz CT molecular complexity index is 678. The zero-order valence-corrected chi connectivity index (χ0v) is 14.0. The number of halogens is 1. The Morgan fingerprint density at radius 3 is 2.41 bits per heavy atom. The second-order valence-electron chi connectivity index (χ2n) is 4.61. The van der Waals surface area contributed by atoms with Gasteiger partial charge in [-0.15, -0.1) is 0 Å². The third-order valence-corrected chi connectivity index (χ3v) is 3.44. The van der Waals surface area contributed by atoms with Gasteiger partial charge in [-0.1, -0.05) is 33.6 Å². The molecule has 0 spiro atoms. The summed E-state index contributed by atoms with van der Waals surface area (Å²) in [7, 11) is 1.54. The van der Waals surface area contributed by atoms with Gasteiger partial charge in [0.25, 0.3) is 0 Å². The molecular formula is C17H16BrNO3. The molecule has 0 aliphatic heterocycles. The van der Waals surface area contributed by atoms with Gasteiger partial charge in [0.15, 0.2) is 11.5 Å². The van der Waals surface area contributed by atoms with E-state index in [0.29, 0.717) is 30.3 Å². The molecule has 0 saturated carbocycles. The minimum atomic E-state index is 0.320. The monoisotopic (exact) mass is 361 g/mol. The number of rotatable bonds is 6. The summed E-state index contributed by atoms with van der Waals surface area (Å²) in [5.41, 5.74) is 1.60. The van der Waals surface area contributed by atoms with Crippen LogP contribution < -0.4 is 14.2 Å². The van der Waals surface area contributed by atoms with Gasteiger partial charge in [-0.3, -0.25) is 0 Å². The number of nitriles is 1. The van der Waals surface area contributed by atoms with Gasteiger partial charge in [-0.25, -0.2) is 0 Å². The first-order chi connectivity index (χ1) is 10.6. The molecule has 2 aromatic carbocycles. The Morgan fingerprint density at radius 1 is 1.09 bits per heavy atom. The van der Waals surface area contributed by atoms with E-state index < -0.39 is 0 Å². The lowest BCUT2D eigenvalue weighted by atomic mass is 10.2. The topological polar surface area (TPSA) is 51.5 Å². The minimum absolute atomic E-state index is 0.320. The Morgan fingerprint density at radius 2 is 1.77 bits per heavy atom. The maximum Gasteiger partial charge on any atom is 0.179 e. The van der Waals surface area contributed by atoms with E-state index in [1.807, 2.05) is 31.2 Å². The van der Waals surface area contributed by atoms with Gasteiger partial charge >= 0.3 is 0 Å². The number of hydrogen-bond donors (Lipinski definition) is 0. The Hall–Kier alpha value is -2.19. The third-order valence-electron chi connectivity index (χ3n) is 2.98. The van der Waals surface area contributed by atoms with Crippen LogP contribution in [-0.4, -0.2) is 20.3 Å². The van der Waals surface area contributed by atoms with Crippen molar-refractivity contribution in [3.05, 3.63) is 52.0 Å². The van der Waals surface area contributed by atoms with Crippen molar-refractivity contribution in [1.82, 2.24) is 0 Å². The van der Waals surface area contributed by atoms with Crippen LogP contribution in [0.5, 0.6) is 17.2 Å². The summed E-state index contributed by atoms with van der Waals surface area (Å²) >= 11 is 3.34. The van der Waals surface area contributed by atoms with Crippen LogP contribution in [0, 0.1) is 18.3 Å². The van der Waals surface area contributed by atoms with Crippen LogP contribution in [0.4, 0.5) is 0 Å². The first-order valence-electron chi connectivity index (χ1n) is 6.74. The lowest BCUT2D eigenvalue weighted by molar-refractivity contribution is 0.211. The molecule has 4 nitrogen and oxygen atoms in total. The van der Waals surface area contributed by atoms with Crippen molar-refractivity contribution in [2.45, 2.75) is 6.92 Å². The fourth-order valence-electron chi connectivity index (χ4n) is 1.89. The van der Waals surface area contributed by atoms with Gasteiger partial charge in [0.05, 0.1) is 12.7 Å². The number of hydrogen-bond acceptors (Lipinski definition) is 4. The third kappa shape index (κ3) is 4.15. The highest BCUT2D eigenvalue weighted by molar-refractivity contribution is 9.10. The highest BCUT2D eigenvalue weighted by Gasteiger charge is 2.12. The van der Waals surface area contributed by atoms with Crippen molar-refractivity contribution in [1.29, 1.82) is 5.26 Å². The first-order valence-corrected chi connectivity index (χ1v) is 7.53. The maximum atomic E-state index is 9.19. The van der Waals surface area contributed by atoms with Crippen LogP contribution in [0.3, 0.4) is 0 Å². The van der Waals surface area contributed by atoms with Crippen LogP contribution >= 0.6 is 15.9 Å². The van der Waals surface area contributed by atoms with Crippen molar-refractivity contribution < 1.29 is 14.2 Å². The summed E-state index contributed by atoms with van der Waals surface area (Å²) in [5.74, 6) is 1.74. The Kier molecular flexibility index (Phi) is 5.68. The van der Waals surface area contributed by atoms with E-state index in [0.717, 1.165) is 10.2 Å². The highest BCUT2D eigenvalue weighted by atomic mass is 79.9. The summed E-state index contributed by atoms with van der Waals surface area (Å²) in [4.78, 5) is 0. The molecule has 5 heteroatoms.